The number of halogens is 2. The van der Waals surface area contributed by atoms with E-state index in [1.165, 1.54) is 6.54 Å². The van der Waals surface area contributed by atoms with Gasteiger partial charge in [-0.3, -0.25) is 4.79 Å². The monoisotopic (exact) mass is 367 g/mol. The predicted octanol–water partition coefficient (Wildman–Crippen LogP) is 2.97. The molecule has 2 atom stereocenters. The van der Waals surface area contributed by atoms with Crippen LogP contribution in [0.1, 0.15) is 59.3 Å². The van der Waals surface area contributed by atoms with Crippen LogP contribution in [0.25, 0.3) is 0 Å². The van der Waals surface area contributed by atoms with Gasteiger partial charge in [0.25, 0.3) is 0 Å². The minimum absolute atomic E-state index is 0. The van der Waals surface area contributed by atoms with Crippen LogP contribution in [-0.2, 0) is 4.79 Å². The predicted molar refractivity (Wildman–Crippen MR) is 101 cm³/mol. The maximum absolute atomic E-state index is 12.5. The Hall–Kier alpha value is -0.0300. The summed E-state index contributed by atoms with van der Waals surface area (Å²) in [5, 5.41) is 3.27. The molecule has 4 nitrogen and oxygen atoms in total. The highest BCUT2D eigenvalue weighted by atomic mass is 35.5. The van der Waals surface area contributed by atoms with Gasteiger partial charge in [-0.1, -0.05) is 26.7 Å². The maximum atomic E-state index is 12.5. The Morgan fingerprint density at radius 3 is 2.35 bits per heavy atom. The highest BCUT2D eigenvalue weighted by molar-refractivity contribution is 5.85. The smallest absolute Gasteiger partial charge is 0.225 e. The van der Waals surface area contributed by atoms with Gasteiger partial charge in [-0.15, -0.1) is 24.8 Å². The molecule has 0 aromatic heterocycles. The van der Waals surface area contributed by atoms with Gasteiger partial charge in [0.05, 0.1) is 5.92 Å². The molecule has 0 spiro atoms. The van der Waals surface area contributed by atoms with Gasteiger partial charge in [-0.25, -0.2) is 0 Å². The summed E-state index contributed by atoms with van der Waals surface area (Å²) < 4.78 is 0. The fourth-order valence-electron chi connectivity index (χ4n) is 3.87. The van der Waals surface area contributed by atoms with Crippen LogP contribution >= 0.6 is 24.8 Å². The Labute approximate surface area is 154 Å². The average molecular weight is 368 g/mol. The van der Waals surface area contributed by atoms with Crippen molar-refractivity contribution in [2.24, 2.45) is 17.6 Å². The van der Waals surface area contributed by atoms with Crippen LogP contribution in [0, 0.1) is 11.8 Å². The molecule has 23 heavy (non-hydrogen) atoms. The number of piperidine rings is 1. The van der Waals surface area contributed by atoms with E-state index in [1.807, 2.05) is 6.92 Å². The van der Waals surface area contributed by atoms with E-state index in [1.54, 1.807) is 0 Å². The first-order valence-electron chi connectivity index (χ1n) is 8.70. The van der Waals surface area contributed by atoms with Crippen LogP contribution in [0.15, 0.2) is 0 Å². The van der Waals surface area contributed by atoms with Crippen molar-refractivity contribution in [1.29, 1.82) is 0 Å². The Morgan fingerprint density at radius 2 is 1.83 bits per heavy atom. The highest BCUT2D eigenvalue weighted by Crippen LogP contribution is 2.32. The van der Waals surface area contributed by atoms with Crippen molar-refractivity contribution in [3.63, 3.8) is 0 Å². The largest absolute Gasteiger partial charge is 0.353 e. The molecule has 1 aliphatic carbocycles. The van der Waals surface area contributed by atoms with E-state index in [-0.39, 0.29) is 42.2 Å². The van der Waals surface area contributed by atoms with Crippen molar-refractivity contribution in [3.05, 3.63) is 0 Å². The zero-order chi connectivity index (χ0) is 15.5. The summed E-state index contributed by atoms with van der Waals surface area (Å²) in [6, 6.07) is 0.346. The van der Waals surface area contributed by atoms with E-state index in [2.05, 4.69) is 24.1 Å². The second-order valence-electron chi connectivity index (χ2n) is 7.78. The summed E-state index contributed by atoms with van der Waals surface area (Å²) in [7, 11) is 0. The molecule has 1 heterocycles. The van der Waals surface area contributed by atoms with Crippen LogP contribution in [0.2, 0.25) is 0 Å². The molecular formula is C17H35Cl2N3O. The molecule has 1 saturated heterocycles. The summed E-state index contributed by atoms with van der Waals surface area (Å²) in [5.41, 5.74) is 6.02. The second kappa shape index (κ2) is 10.1. The number of hydrogen-bond acceptors (Lipinski definition) is 3. The lowest BCUT2D eigenvalue weighted by Crippen LogP contribution is -2.55. The van der Waals surface area contributed by atoms with Crippen LogP contribution < -0.4 is 11.1 Å². The van der Waals surface area contributed by atoms with E-state index < -0.39 is 0 Å². The number of hydrogen-bond donors (Lipinski definition) is 2. The number of nitrogens with one attached hydrogen (secondary N) is 1. The number of rotatable bonds is 4. The first kappa shape index (κ1) is 23.0. The van der Waals surface area contributed by atoms with Gasteiger partial charge < -0.3 is 16.0 Å². The van der Waals surface area contributed by atoms with Crippen LogP contribution in [0.5, 0.6) is 0 Å². The molecule has 0 bridgehead atoms. The third-order valence-electron chi connectivity index (χ3n) is 5.13. The van der Waals surface area contributed by atoms with Crippen molar-refractivity contribution in [2.45, 2.75) is 70.9 Å². The lowest BCUT2D eigenvalue weighted by Gasteiger charge is -2.39. The van der Waals surface area contributed by atoms with E-state index in [4.69, 9.17) is 5.73 Å². The molecule has 0 aromatic carbocycles. The van der Waals surface area contributed by atoms with Crippen LogP contribution in [0.4, 0.5) is 0 Å². The number of amides is 1. The van der Waals surface area contributed by atoms with Crippen LogP contribution in [0.3, 0.4) is 0 Å². The first-order valence-corrected chi connectivity index (χ1v) is 8.70. The molecule has 6 heteroatoms. The summed E-state index contributed by atoms with van der Waals surface area (Å²) in [6.07, 6.45) is 6.37. The third kappa shape index (κ3) is 6.77. The van der Waals surface area contributed by atoms with Gasteiger partial charge in [-0.2, -0.15) is 0 Å². The van der Waals surface area contributed by atoms with Gasteiger partial charge in [0.15, 0.2) is 0 Å². The molecule has 0 radical (unpaired) electrons. The molecule has 2 fully saturated rings. The van der Waals surface area contributed by atoms with Gasteiger partial charge in [0.2, 0.25) is 5.91 Å². The summed E-state index contributed by atoms with van der Waals surface area (Å²) in [6.45, 7) is 9.95. The Morgan fingerprint density at radius 1 is 1.22 bits per heavy atom. The van der Waals surface area contributed by atoms with Crippen molar-refractivity contribution in [2.75, 3.05) is 19.6 Å². The molecule has 2 rings (SSSR count). The van der Waals surface area contributed by atoms with E-state index >= 15 is 0 Å². The molecule has 1 amide bonds. The van der Waals surface area contributed by atoms with Crippen molar-refractivity contribution >= 4 is 30.7 Å². The van der Waals surface area contributed by atoms with Crippen molar-refractivity contribution < 1.29 is 4.79 Å². The van der Waals surface area contributed by atoms with Crippen molar-refractivity contribution in [3.8, 4) is 0 Å². The zero-order valence-electron chi connectivity index (χ0n) is 14.8. The maximum Gasteiger partial charge on any atom is 0.225 e. The summed E-state index contributed by atoms with van der Waals surface area (Å²) >= 11 is 0. The van der Waals surface area contributed by atoms with Gasteiger partial charge in [-0.05, 0) is 38.5 Å². The topological polar surface area (TPSA) is 58.4 Å². The minimum atomic E-state index is -0.319. The standard InChI is InChI=1S/C17H33N3O.2ClH/c1-13(2)12-20-10-7-14(8-11-20)19-16(21)15-6-4-5-9-17(15,3)18;;/h13-15H,4-12,18H2,1-3H3,(H,19,21);2*1H. The zero-order valence-corrected chi connectivity index (χ0v) is 16.5. The molecule has 1 aliphatic heterocycles. The Bertz CT molecular complexity index is 356. The minimum Gasteiger partial charge on any atom is -0.353 e. The van der Waals surface area contributed by atoms with E-state index in [0.29, 0.717) is 6.04 Å². The SMILES string of the molecule is CC(C)CN1CCC(NC(=O)C2CCCCC2(C)N)CC1.Cl.Cl. The molecule has 0 aromatic rings. The number of nitrogens with zero attached hydrogens (tertiary/aromatic N) is 1. The quantitative estimate of drug-likeness (QED) is 0.802. The van der Waals surface area contributed by atoms with Gasteiger partial charge in [0.1, 0.15) is 0 Å². The lowest BCUT2D eigenvalue weighted by molar-refractivity contribution is -0.129. The normalized spacial score (nSPS) is 29.5. The van der Waals surface area contributed by atoms with Gasteiger partial charge in [0, 0.05) is 31.2 Å². The van der Waals surface area contributed by atoms with Crippen molar-refractivity contribution in [1.82, 2.24) is 10.2 Å². The first-order chi connectivity index (χ1) is 9.88. The van der Waals surface area contributed by atoms with E-state index in [9.17, 15) is 4.79 Å². The highest BCUT2D eigenvalue weighted by Gasteiger charge is 2.38. The number of likely N-dealkylation sites (tertiary alicyclic amines) is 1. The van der Waals surface area contributed by atoms with Crippen LogP contribution in [-0.4, -0.2) is 42.0 Å². The Balaban J connectivity index is 0.00000242. The molecule has 138 valence electrons. The summed E-state index contributed by atoms with van der Waals surface area (Å²) in [4.78, 5) is 15.1. The fraction of sp³-hybridized carbons (Fsp3) is 0.941. The molecular weight excluding hydrogens is 333 g/mol. The second-order valence-corrected chi connectivity index (χ2v) is 7.78. The number of nitrogens with two attached hydrogens (primary N) is 1. The lowest BCUT2D eigenvalue weighted by atomic mass is 9.74. The van der Waals surface area contributed by atoms with Gasteiger partial charge >= 0.3 is 0 Å². The van der Waals surface area contributed by atoms with E-state index in [0.717, 1.165) is 57.5 Å². The fourth-order valence-corrected chi connectivity index (χ4v) is 3.87. The number of carbonyl (C=O) groups is 1. The number of carbonyl (C=O) groups excluding carboxylic acids is 1. The Kier molecular flexibility index (Phi) is 10.1. The summed E-state index contributed by atoms with van der Waals surface area (Å²) in [5.74, 6) is 0.915. The molecule has 2 unspecified atom stereocenters. The average Bonchev–Trinajstić information content (AvgIpc) is 2.39. The molecule has 1 saturated carbocycles. The molecule has 2 aliphatic rings. The third-order valence-corrected chi connectivity index (χ3v) is 5.13. The molecule has 3 N–H and O–H groups in total.